The highest BCUT2D eigenvalue weighted by Crippen LogP contribution is 2.08. The van der Waals surface area contributed by atoms with Gasteiger partial charge in [0.2, 0.25) is 0 Å². The number of rotatable bonds is 10. The predicted molar refractivity (Wildman–Crippen MR) is 76.0 cm³/mol. The average Bonchev–Trinajstić information content (AvgIpc) is 2.41. The van der Waals surface area contributed by atoms with E-state index in [-0.39, 0.29) is 6.42 Å². The molecule has 0 aromatic heterocycles. The molecular formula is C14H24O7. The van der Waals surface area contributed by atoms with Gasteiger partial charge in [-0.3, -0.25) is 9.59 Å². The van der Waals surface area contributed by atoms with Crippen LogP contribution in [0.1, 0.15) is 45.4 Å². The molecule has 0 saturated carbocycles. The molecule has 0 aromatic rings. The number of aliphatic hydroxyl groups is 1. The fourth-order valence-corrected chi connectivity index (χ4v) is 1.38. The SMILES string of the molecule is CCCCCCC=CC(CC(=O)O)C(=O)O.O=C(O)CO. The molecule has 0 aliphatic heterocycles. The molecular weight excluding hydrogens is 280 g/mol. The maximum Gasteiger partial charge on any atom is 0.329 e. The topological polar surface area (TPSA) is 132 Å². The Morgan fingerprint density at radius 1 is 1.00 bits per heavy atom. The van der Waals surface area contributed by atoms with E-state index in [2.05, 4.69) is 6.92 Å². The van der Waals surface area contributed by atoms with Crippen molar-refractivity contribution in [3.63, 3.8) is 0 Å². The van der Waals surface area contributed by atoms with Gasteiger partial charge in [0.15, 0.2) is 0 Å². The van der Waals surface area contributed by atoms with Gasteiger partial charge in [-0.1, -0.05) is 38.3 Å². The van der Waals surface area contributed by atoms with Crippen molar-refractivity contribution in [2.45, 2.75) is 45.4 Å². The zero-order chi connectivity index (χ0) is 16.7. The molecule has 0 aromatic carbocycles. The summed E-state index contributed by atoms with van der Waals surface area (Å²) in [6, 6.07) is 0. The van der Waals surface area contributed by atoms with Gasteiger partial charge in [-0.05, 0) is 12.8 Å². The number of aliphatic hydroxyl groups excluding tert-OH is 1. The number of aliphatic carboxylic acids is 3. The summed E-state index contributed by atoms with van der Waals surface area (Å²) in [6.45, 7) is 1.35. The smallest absolute Gasteiger partial charge is 0.329 e. The monoisotopic (exact) mass is 304 g/mol. The number of allylic oxidation sites excluding steroid dienone is 1. The van der Waals surface area contributed by atoms with E-state index in [0.717, 1.165) is 19.3 Å². The summed E-state index contributed by atoms with van der Waals surface area (Å²) in [7, 11) is 0. The Morgan fingerprint density at radius 2 is 1.57 bits per heavy atom. The number of hydrogen-bond donors (Lipinski definition) is 4. The molecule has 4 N–H and O–H groups in total. The normalized spacial score (nSPS) is 11.5. The van der Waals surface area contributed by atoms with Crippen LogP contribution in [0.3, 0.4) is 0 Å². The van der Waals surface area contributed by atoms with Crippen molar-refractivity contribution in [3.8, 4) is 0 Å². The molecule has 0 fully saturated rings. The molecule has 122 valence electrons. The van der Waals surface area contributed by atoms with Gasteiger partial charge in [0.05, 0.1) is 12.3 Å². The lowest BCUT2D eigenvalue weighted by atomic mass is 10.0. The fraction of sp³-hybridized carbons (Fsp3) is 0.643. The molecule has 1 unspecified atom stereocenters. The first-order valence-corrected chi connectivity index (χ1v) is 6.79. The molecule has 0 amide bonds. The van der Waals surface area contributed by atoms with Gasteiger partial charge in [-0.25, -0.2) is 4.79 Å². The van der Waals surface area contributed by atoms with Crippen LogP contribution in [0.4, 0.5) is 0 Å². The van der Waals surface area contributed by atoms with Crippen LogP contribution < -0.4 is 0 Å². The van der Waals surface area contributed by atoms with Crippen molar-refractivity contribution in [1.29, 1.82) is 0 Å². The first-order chi connectivity index (χ1) is 9.84. The highest BCUT2D eigenvalue weighted by atomic mass is 16.4. The van der Waals surface area contributed by atoms with Crippen LogP contribution in [0, 0.1) is 5.92 Å². The van der Waals surface area contributed by atoms with Crippen LogP contribution >= 0.6 is 0 Å². The third-order valence-electron chi connectivity index (χ3n) is 2.44. The van der Waals surface area contributed by atoms with Crippen molar-refractivity contribution in [1.82, 2.24) is 0 Å². The average molecular weight is 304 g/mol. The van der Waals surface area contributed by atoms with Crippen LogP contribution in [0.15, 0.2) is 12.2 Å². The highest BCUT2D eigenvalue weighted by Gasteiger charge is 2.17. The van der Waals surface area contributed by atoms with Crippen molar-refractivity contribution in [3.05, 3.63) is 12.2 Å². The first-order valence-electron chi connectivity index (χ1n) is 6.79. The number of carboxylic acids is 3. The van der Waals surface area contributed by atoms with Gasteiger partial charge in [0.25, 0.3) is 0 Å². The largest absolute Gasteiger partial charge is 0.481 e. The van der Waals surface area contributed by atoms with E-state index in [4.69, 9.17) is 25.2 Å². The maximum absolute atomic E-state index is 10.7. The van der Waals surface area contributed by atoms with Gasteiger partial charge >= 0.3 is 17.9 Å². The van der Waals surface area contributed by atoms with Gasteiger partial charge in [0, 0.05) is 0 Å². The molecule has 7 nitrogen and oxygen atoms in total. The van der Waals surface area contributed by atoms with Gasteiger partial charge in [-0.2, -0.15) is 0 Å². The second-order valence-electron chi connectivity index (χ2n) is 4.37. The molecule has 0 bridgehead atoms. The van der Waals surface area contributed by atoms with Crippen molar-refractivity contribution >= 4 is 17.9 Å². The quantitative estimate of drug-likeness (QED) is 0.357. The lowest BCUT2D eigenvalue weighted by Crippen LogP contribution is -2.15. The zero-order valence-corrected chi connectivity index (χ0v) is 12.2. The first kappa shape index (κ1) is 21.4. The zero-order valence-electron chi connectivity index (χ0n) is 12.2. The van der Waals surface area contributed by atoms with Crippen LogP contribution in [0.5, 0.6) is 0 Å². The number of hydrogen-bond acceptors (Lipinski definition) is 4. The van der Waals surface area contributed by atoms with Crippen molar-refractivity contribution in [2.24, 2.45) is 5.92 Å². The van der Waals surface area contributed by atoms with E-state index in [0.29, 0.717) is 0 Å². The molecule has 1 atom stereocenters. The van der Waals surface area contributed by atoms with E-state index < -0.39 is 30.4 Å². The van der Waals surface area contributed by atoms with Crippen molar-refractivity contribution < 1.29 is 34.8 Å². The van der Waals surface area contributed by atoms with Gasteiger partial charge in [0.1, 0.15) is 6.61 Å². The van der Waals surface area contributed by atoms with Crippen LogP contribution in [-0.2, 0) is 14.4 Å². The summed E-state index contributed by atoms with van der Waals surface area (Å²) >= 11 is 0. The lowest BCUT2D eigenvalue weighted by molar-refractivity contribution is -0.146. The third kappa shape index (κ3) is 18.1. The van der Waals surface area contributed by atoms with E-state index in [1.165, 1.54) is 18.9 Å². The molecule has 0 aliphatic rings. The summed E-state index contributed by atoms with van der Waals surface area (Å²) in [4.78, 5) is 30.2. The minimum Gasteiger partial charge on any atom is -0.481 e. The predicted octanol–water partition coefficient (Wildman–Crippen LogP) is 1.75. The van der Waals surface area contributed by atoms with Crippen LogP contribution in [0.2, 0.25) is 0 Å². The second kappa shape index (κ2) is 14.5. The van der Waals surface area contributed by atoms with E-state index in [1.54, 1.807) is 6.08 Å². The minimum atomic E-state index is -1.19. The Bertz CT molecular complexity index is 336. The number of unbranched alkanes of at least 4 members (excludes halogenated alkanes) is 4. The number of carboxylic acid groups (broad SMARTS) is 3. The summed E-state index contributed by atoms with van der Waals surface area (Å²) in [5, 5.41) is 32.3. The van der Waals surface area contributed by atoms with Gasteiger partial charge in [-0.15, -0.1) is 0 Å². The lowest BCUT2D eigenvalue weighted by Gasteiger charge is -2.03. The molecule has 0 aliphatic carbocycles. The summed E-state index contributed by atoms with van der Waals surface area (Å²) in [5.74, 6) is -4.25. The Hall–Kier alpha value is -1.89. The molecule has 7 heteroatoms. The Labute approximate surface area is 123 Å². The van der Waals surface area contributed by atoms with E-state index in [9.17, 15) is 9.59 Å². The van der Waals surface area contributed by atoms with Crippen molar-refractivity contribution in [2.75, 3.05) is 6.61 Å². The van der Waals surface area contributed by atoms with E-state index >= 15 is 0 Å². The molecule has 0 saturated heterocycles. The molecule has 0 radical (unpaired) electrons. The van der Waals surface area contributed by atoms with Crippen LogP contribution in [-0.4, -0.2) is 44.9 Å². The van der Waals surface area contributed by atoms with Gasteiger partial charge < -0.3 is 20.4 Å². The minimum absolute atomic E-state index is 0.346. The molecule has 21 heavy (non-hydrogen) atoms. The standard InChI is InChI=1S/C12H20O4.C2H4O3/c1-2-3-4-5-6-7-8-10(12(15)16)9-11(13)14;3-1-2(4)5/h7-8,10H,2-6,9H2,1H3,(H,13,14)(H,15,16);3H,1H2,(H,4,5). The second-order valence-corrected chi connectivity index (χ2v) is 4.37. The Kier molecular flexibility index (Phi) is 14.8. The van der Waals surface area contributed by atoms with E-state index in [1.807, 2.05) is 0 Å². The number of carbonyl (C=O) groups is 3. The fourth-order valence-electron chi connectivity index (χ4n) is 1.38. The maximum atomic E-state index is 10.7. The Balaban J connectivity index is 0. The highest BCUT2D eigenvalue weighted by molar-refractivity contribution is 5.79. The van der Waals surface area contributed by atoms with Crippen LogP contribution in [0.25, 0.3) is 0 Å². The molecule has 0 spiro atoms. The Morgan fingerprint density at radius 3 is 1.95 bits per heavy atom. The summed E-state index contributed by atoms with van der Waals surface area (Å²) < 4.78 is 0. The molecule has 0 heterocycles. The summed E-state index contributed by atoms with van der Waals surface area (Å²) in [6.07, 6.45) is 8.26. The summed E-state index contributed by atoms with van der Waals surface area (Å²) in [5.41, 5.74) is 0. The third-order valence-corrected chi connectivity index (χ3v) is 2.44. The molecule has 0 rings (SSSR count).